The minimum Gasteiger partial charge on any atom is -0.493 e. The first kappa shape index (κ1) is 15.9. The van der Waals surface area contributed by atoms with Crippen LogP contribution in [0.1, 0.15) is 12.0 Å². The molecule has 1 aliphatic heterocycles. The normalized spacial score (nSPS) is 21.2. The number of halogens is 2. The Kier molecular flexibility index (Phi) is 4.28. The molecule has 4 nitrogen and oxygen atoms in total. The summed E-state index contributed by atoms with van der Waals surface area (Å²) in [5.74, 6) is 0.467. The van der Waals surface area contributed by atoms with Crippen LogP contribution in [0.5, 0.6) is 5.75 Å². The van der Waals surface area contributed by atoms with Crippen LogP contribution in [0.2, 0.25) is 0 Å². The summed E-state index contributed by atoms with van der Waals surface area (Å²) < 4.78 is 48.3. The highest BCUT2D eigenvalue weighted by Gasteiger charge is 2.39. The fourth-order valence-electron chi connectivity index (χ4n) is 2.33. The van der Waals surface area contributed by atoms with Crippen LogP contribution in [-0.4, -0.2) is 21.6 Å². The van der Waals surface area contributed by atoms with Crippen molar-refractivity contribution in [2.45, 2.75) is 16.3 Å². The predicted molar refractivity (Wildman–Crippen MR) is 86.5 cm³/mol. The SMILES string of the molecule is O=S(=O)(NCC1(F)CCOc2ccccc21)c1ccc(Br)s1. The van der Waals surface area contributed by atoms with Crippen LogP contribution in [0.3, 0.4) is 0 Å². The van der Waals surface area contributed by atoms with Crippen LogP contribution in [0.25, 0.3) is 0 Å². The third-order valence-corrected chi connectivity index (χ3v) is 7.00. The topological polar surface area (TPSA) is 55.4 Å². The van der Waals surface area contributed by atoms with Crippen LogP contribution in [0.15, 0.2) is 44.4 Å². The van der Waals surface area contributed by atoms with Crippen molar-refractivity contribution in [3.8, 4) is 5.75 Å². The molecule has 1 N–H and O–H groups in total. The zero-order valence-corrected chi connectivity index (χ0v) is 14.6. The largest absolute Gasteiger partial charge is 0.493 e. The number of sulfonamides is 1. The van der Waals surface area contributed by atoms with Gasteiger partial charge in [0.25, 0.3) is 0 Å². The molecule has 2 heterocycles. The zero-order chi connectivity index (χ0) is 15.8. The van der Waals surface area contributed by atoms with E-state index in [1.54, 1.807) is 30.3 Å². The molecule has 0 saturated heterocycles. The summed E-state index contributed by atoms with van der Waals surface area (Å²) in [7, 11) is -3.72. The second-order valence-corrected chi connectivity index (χ2v) is 9.40. The van der Waals surface area contributed by atoms with E-state index in [0.717, 1.165) is 11.3 Å². The smallest absolute Gasteiger partial charge is 0.250 e. The summed E-state index contributed by atoms with van der Waals surface area (Å²) in [4.78, 5) is 0. The van der Waals surface area contributed by atoms with E-state index in [-0.39, 0.29) is 23.8 Å². The molecule has 1 aromatic heterocycles. The number of alkyl halides is 1. The monoisotopic (exact) mass is 405 g/mol. The third-order valence-electron chi connectivity index (χ3n) is 3.48. The Hall–Kier alpha value is -0.960. The molecule has 0 bridgehead atoms. The van der Waals surface area contributed by atoms with Crippen molar-refractivity contribution in [2.75, 3.05) is 13.2 Å². The average Bonchev–Trinajstić information content (AvgIpc) is 2.94. The van der Waals surface area contributed by atoms with E-state index in [1.165, 1.54) is 6.07 Å². The van der Waals surface area contributed by atoms with Gasteiger partial charge in [-0.25, -0.2) is 17.5 Å². The maximum atomic E-state index is 15.2. The molecule has 1 aliphatic rings. The molecule has 8 heteroatoms. The van der Waals surface area contributed by atoms with Gasteiger partial charge in [-0.2, -0.15) is 0 Å². The van der Waals surface area contributed by atoms with Crippen LogP contribution >= 0.6 is 27.3 Å². The van der Waals surface area contributed by atoms with E-state index in [4.69, 9.17) is 4.74 Å². The van der Waals surface area contributed by atoms with Crippen molar-refractivity contribution < 1.29 is 17.5 Å². The molecule has 0 amide bonds. The first-order valence-corrected chi connectivity index (χ1v) is 9.66. The number of benzene rings is 1. The number of para-hydroxylation sites is 1. The quantitative estimate of drug-likeness (QED) is 0.847. The molecule has 0 spiro atoms. The lowest BCUT2D eigenvalue weighted by Crippen LogP contribution is -2.40. The molecule has 22 heavy (non-hydrogen) atoms. The fourth-order valence-corrected chi connectivity index (χ4v) is 5.46. The van der Waals surface area contributed by atoms with Crippen molar-refractivity contribution in [1.29, 1.82) is 0 Å². The number of hydrogen-bond acceptors (Lipinski definition) is 4. The van der Waals surface area contributed by atoms with Crippen LogP contribution in [0, 0.1) is 0 Å². The van der Waals surface area contributed by atoms with Gasteiger partial charge < -0.3 is 4.74 Å². The van der Waals surface area contributed by atoms with Crippen molar-refractivity contribution in [2.24, 2.45) is 0 Å². The summed E-state index contributed by atoms with van der Waals surface area (Å²) in [6.07, 6.45) is 0.112. The van der Waals surface area contributed by atoms with Gasteiger partial charge >= 0.3 is 0 Å². The Morgan fingerprint density at radius 1 is 1.32 bits per heavy atom. The Balaban J connectivity index is 1.82. The Morgan fingerprint density at radius 2 is 2.09 bits per heavy atom. The maximum absolute atomic E-state index is 15.2. The molecule has 0 aliphatic carbocycles. The molecule has 1 atom stereocenters. The molecular formula is C14H13BrFNO3S2. The van der Waals surface area contributed by atoms with Gasteiger partial charge in [0, 0.05) is 18.5 Å². The average molecular weight is 406 g/mol. The van der Waals surface area contributed by atoms with E-state index in [0.29, 0.717) is 15.1 Å². The van der Waals surface area contributed by atoms with Gasteiger partial charge in [-0.1, -0.05) is 18.2 Å². The van der Waals surface area contributed by atoms with Gasteiger partial charge in [0.05, 0.1) is 10.4 Å². The summed E-state index contributed by atoms with van der Waals surface area (Å²) in [6.45, 7) is -0.0922. The highest BCUT2D eigenvalue weighted by atomic mass is 79.9. The highest BCUT2D eigenvalue weighted by molar-refractivity contribution is 9.11. The Labute approximate surface area is 140 Å². The van der Waals surface area contributed by atoms with Crippen molar-refractivity contribution in [3.05, 3.63) is 45.7 Å². The van der Waals surface area contributed by atoms with E-state index in [2.05, 4.69) is 20.7 Å². The first-order chi connectivity index (χ1) is 10.4. The van der Waals surface area contributed by atoms with E-state index < -0.39 is 15.7 Å². The standard InChI is InChI=1S/C14H13BrFNO3S2/c15-12-5-6-13(21-12)22(18,19)17-9-14(16)7-8-20-11-4-2-1-3-10(11)14/h1-6,17H,7-9H2. The van der Waals surface area contributed by atoms with Crippen LogP contribution in [-0.2, 0) is 15.7 Å². The molecule has 2 aromatic rings. The van der Waals surface area contributed by atoms with E-state index in [1.807, 2.05) is 0 Å². The summed E-state index contributed by atoms with van der Waals surface area (Å²) in [5.41, 5.74) is -1.38. The van der Waals surface area contributed by atoms with Gasteiger partial charge in [0.2, 0.25) is 10.0 Å². The van der Waals surface area contributed by atoms with E-state index in [9.17, 15) is 8.42 Å². The van der Waals surface area contributed by atoms with Crippen molar-refractivity contribution in [1.82, 2.24) is 4.72 Å². The lowest BCUT2D eigenvalue weighted by molar-refractivity contribution is 0.0955. The number of fused-ring (bicyclic) bond motifs is 1. The van der Waals surface area contributed by atoms with Gasteiger partial charge in [-0.3, -0.25) is 0 Å². The van der Waals surface area contributed by atoms with Gasteiger partial charge in [0.15, 0.2) is 5.67 Å². The Bertz CT molecular complexity index is 793. The summed E-state index contributed by atoms with van der Waals surface area (Å²) >= 11 is 4.30. The predicted octanol–water partition coefficient (Wildman–Crippen LogP) is 3.44. The lowest BCUT2D eigenvalue weighted by Gasteiger charge is -2.32. The molecule has 1 aromatic carbocycles. The lowest BCUT2D eigenvalue weighted by atomic mass is 9.90. The minimum atomic E-state index is -3.72. The second kappa shape index (κ2) is 5.92. The molecule has 118 valence electrons. The number of ether oxygens (including phenoxy) is 1. The van der Waals surface area contributed by atoms with Gasteiger partial charge in [0.1, 0.15) is 9.96 Å². The summed E-state index contributed by atoms with van der Waals surface area (Å²) in [5, 5.41) is 0. The van der Waals surface area contributed by atoms with Crippen LogP contribution < -0.4 is 9.46 Å². The number of thiophene rings is 1. The number of rotatable bonds is 4. The first-order valence-electron chi connectivity index (χ1n) is 6.57. The molecule has 1 unspecified atom stereocenters. The van der Waals surface area contributed by atoms with Crippen molar-refractivity contribution in [3.63, 3.8) is 0 Å². The molecular weight excluding hydrogens is 393 g/mol. The minimum absolute atomic E-state index is 0.112. The Morgan fingerprint density at radius 3 is 2.82 bits per heavy atom. The number of hydrogen-bond donors (Lipinski definition) is 1. The molecule has 0 saturated carbocycles. The molecule has 3 rings (SSSR count). The van der Waals surface area contributed by atoms with Gasteiger partial charge in [-0.05, 0) is 34.1 Å². The third kappa shape index (κ3) is 3.05. The fraction of sp³-hybridized carbons (Fsp3) is 0.286. The molecule has 0 fully saturated rings. The molecule has 0 radical (unpaired) electrons. The van der Waals surface area contributed by atoms with Gasteiger partial charge in [-0.15, -0.1) is 11.3 Å². The van der Waals surface area contributed by atoms with E-state index >= 15 is 4.39 Å². The second-order valence-electron chi connectivity index (χ2n) is 4.94. The summed E-state index contributed by atoms with van der Waals surface area (Å²) in [6, 6.07) is 9.93. The zero-order valence-electron chi connectivity index (χ0n) is 11.4. The maximum Gasteiger partial charge on any atom is 0.250 e. The van der Waals surface area contributed by atoms with Crippen LogP contribution in [0.4, 0.5) is 4.39 Å². The van der Waals surface area contributed by atoms with Crippen molar-refractivity contribution >= 4 is 37.3 Å². The number of nitrogens with one attached hydrogen (secondary N) is 1. The highest BCUT2D eigenvalue weighted by Crippen LogP contribution is 2.39.